The van der Waals surface area contributed by atoms with Gasteiger partial charge in [-0.2, -0.15) is 0 Å². The number of hydrogen-bond acceptors (Lipinski definition) is 3. The first-order chi connectivity index (χ1) is 6.33. The van der Waals surface area contributed by atoms with Crippen LogP contribution in [-0.2, 0) is 4.74 Å². The van der Waals surface area contributed by atoms with Crippen LogP contribution in [0, 0.1) is 5.92 Å². The first-order valence-electron chi connectivity index (χ1n) is 5.27. The molecule has 1 rings (SSSR count). The highest BCUT2D eigenvalue weighted by atomic mass is 16.5. The van der Waals surface area contributed by atoms with Crippen LogP contribution in [0.2, 0.25) is 0 Å². The molecule has 0 bridgehead atoms. The van der Waals surface area contributed by atoms with Crippen LogP contribution in [0.1, 0.15) is 19.8 Å². The summed E-state index contributed by atoms with van der Waals surface area (Å²) in [4.78, 5) is 0. The molecular weight excluding hydrogens is 164 g/mol. The Morgan fingerprint density at radius 1 is 1.46 bits per heavy atom. The summed E-state index contributed by atoms with van der Waals surface area (Å²) in [7, 11) is 1.76. The van der Waals surface area contributed by atoms with Crippen molar-refractivity contribution in [2.45, 2.75) is 25.9 Å². The molecule has 78 valence electrons. The molecule has 2 N–H and O–H groups in total. The van der Waals surface area contributed by atoms with E-state index in [1.165, 1.54) is 25.9 Å². The first kappa shape index (κ1) is 11.0. The zero-order chi connectivity index (χ0) is 9.52. The molecule has 1 aliphatic rings. The van der Waals surface area contributed by atoms with Crippen LogP contribution < -0.4 is 10.6 Å². The number of ether oxygens (including phenoxy) is 1. The van der Waals surface area contributed by atoms with Crippen molar-refractivity contribution >= 4 is 0 Å². The van der Waals surface area contributed by atoms with Crippen molar-refractivity contribution in [3.05, 3.63) is 0 Å². The Morgan fingerprint density at radius 2 is 2.15 bits per heavy atom. The van der Waals surface area contributed by atoms with Gasteiger partial charge in [0.25, 0.3) is 0 Å². The van der Waals surface area contributed by atoms with Crippen molar-refractivity contribution in [3.8, 4) is 0 Å². The summed E-state index contributed by atoms with van der Waals surface area (Å²) in [6, 6.07) is 0. The fourth-order valence-electron chi connectivity index (χ4n) is 1.66. The van der Waals surface area contributed by atoms with Gasteiger partial charge in [0.1, 0.15) is 0 Å². The molecule has 1 fully saturated rings. The molecule has 1 unspecified atom stereocenters. The molecule has 3 nitrogen and oxygen atoms in total. The van der Waals surface area contributed by atoms with Crippen molar-refractivity contribution in [3.63, 3.8) is 0 Å². The highest BCUT2D eigenvalue weighted by Crippen LogP contribution is 2.09. The number of hydrogen-bond donors (Lipinski definition) is 2. The van der Waals surface area contributed by atoms with Gasteiger partial charge in [-0.25, -0.2) is 0 Å². The lowest BCUT2D eigenvalue weighted by Gasteiger charge is -2.23. The minimum atomic E-state index is 0.335. The molecule has 1 saturated heterocycles. The quantitative estimate of drug-likeness (QED) is 0.660. The molecule has 1 atom stereocenters. The summed E-state index contributed by atoms with van der Waals surface area (Å²) in [6.45, 7) is 6.59. The summed E-state index contributed by atoms with van der Waals surface area (Å²) < 4.78 is 5.16. The third-order valence-corrected chi connectivity index (χ3v) is 2.73. The van der Waals surface area contributed by atoms with E-state index in [0.29, 0.717) is 6.10 Å². The van der Waals surface area contributed by atoms with Crippen molar-refractivity contribution in [2.75, 3.05) is 33.3 Å². The third kappa shape index (κ3) is 4.60. The van der Waals surface area contributed by atoms with E-state index < -0.39 is 0 Å². The first-order valence-corrected chi connectivity index (χ1v) is 5.27. The van der Waals surface area contributed by atoms with Crippen LogP contribution in [0.25, 0.3) is 0 Å². The lowest BCUT2D eigenvalue weighted by Crippen LogP contribution is -2.36. The molecule has 13 heavy (non-hydrogen) atoms. The zero-order valence-electron chi connectivity index (χ0n) is 8.81. The molecule has 0 amide bonds. The second kappa shape index (κ2) is 6.35. The maximum atomic E-state index is 5.16. The maximum Gasteiger partial charge on any atom is 0.0667 e. The lowest BCUT2D eigenvalue weighted by atomic mass is 9.98. The van der Waals surface area contributed by atoms with E-state index in [9.17, 15) is 0 Å². The van der Waals surface area contributed by atoms with Gasteiger partial charge >= 0.3 is 0 Å². The molecule has 0 aromatic heterocycles. The SMILES string of the molecule is COC(C)CNCC1CCNCC1. The van der Waals surface area contributed by atoms with Crippen LogP contribution in [0.5, 0.6) is 0 Å². The van der Waals surface area contributed by atoms with Gasteiger partial charge in [-0.1, -0.05) is 0 Å². The fraction of sp³-hybridized carbons (Fsp3) is 1.00. The number of rotatable bonds is 5. The van der Waals surface area contributed by atoms with Crippen LogP contribution in [0.3, 0.4) is 0 Å². The standard InChI is InChI=1S/C10H22N2O/c1-9(13-2)7-12-8-10-3-5-11-6-4-10/h9-12H,3-8H2,1-2H3. The molecule has 1 aliphatic heterocycles. The van der Waals surface area contributed by atoms with Gasteiger partial charge in [0.05, 0.1) is 6.10 Å². The average molecular weight is 186 g/mol. The molecule has 0 saturated carbocycles. The Bertz CT molecular complexity index is 124. The Kier molecular flexibility index (Phi) is 5.35. The lowest BCUT2D eigenvalue weighted by molar-refractivity contribution is 0.115. The summed E-state index contributed by atoms with van der Waals surface area (Å²) in [5, 5.41) is 6.83. The number of methoxy groups -OCH3 is 1. The predicted molar refractivity (Wildman–Crippen MR) is 54.9 cm³/mol. The summed E-state index contributed by atoms with van der Waals surface area (Å²) in [6.07, 6.45) is 2.96. The topological polar surface area (TPSA) is 33.3 Å². The minimum absolute atomic E-state index is 0.335. The number of piperidine rings is 1. The van der Waals surface area contributed by atoms with Gasteiger partial charge < -0.3 is 15.4 Å². The van der Waals surface area contributed by atoms with E-state index >= 15 is 0 Å². The summed E-state index contributed by atoms with van der Waals surface area (Å²) in [5.74, 6) is 0.866. The molecule has 0 spiro atoms. The Morgan fingerprint density at radius 3 is 2.77 bits per heavy atom. The monoisotopic (exact) mass is 186 g/mol. The number of nitrogens with one attached hydrogen (secondary N) is 2. The van der Waals surface area contributed by atoms with Gasteiger partial charge in [-0.05, 0) is 45.3 Å². The van der Waals surface area contributed by atoms with Crippen molar-refractivity contribution in [2.24, 2.45) is 5.92 Å². The molecule has 0 aliphatic carbocycles. The van der Waals surface area contributed by atoms with Crippen LogP contribution in [-0.4, -0.2) is 39.4 Å². The van der Waals surface area contributed by atoms with E-state index in [2.05, 4.69) is 17.6 Å². The third-order valence-electron chi connectivity index (χ3n) is 2.73. The van der Waals surface area contributed by atoms with Gasteiger partial charge in [-0.15, -0.1) is 0 Å². The summed E-state index contributed by atoms with van der Waals surface area (Å²) in [5.41, 5.74) is 0. The van der Waals surface area contributed by atoms with Crippen molar-refractivity contribution in [1.29, 1.82) is 0 Å². The Hall–Kier alpha value is -0.120. The molecule has 1 heterocycles. The molecule has 0 aromatic carbocycles. The van der Waals surface area contributed by atoms with Crippen molar-refractivity contribution < 1.29 is 4.74 Å². The average Bonchev–Trinajstić information content (AvgIpc) is 2.19. The maximum absolute atomic E-state index is 5.16. The highest BCUT2D eigenvalue weighted by molar-refractivity contribution is 4.70. The molecule has 0 aromatic rings. The fourth-order valence-corrected chi connectivity index (χ4v) is 1.66. The van der Waals surface area contributed by atoms with E-state index in [4.69, 9.17) is 4.74 Å². The van der Waals surface area contributed by atoms with Crippen molar-refractivity contribution in [1.82, 2.24) is 10.6 Å². The summed E-state index contributed by atoms with van der Waals surface area (Å²) >= 11 is 0. The van der Waals surface area contributed by atoms with Crippen LogP contribution >= 0.6 is 0 Å². The van der Waals surface area contributed by atoms with Gasteiger partial charge in [0.2, 0.25) is 0 Å². The zero-order valence-corrected chi connectivity index (χ0v) is 8.81. The van der Waals surface area contributed by atoms with Gasteiger partial charge in [0, 0.05) is 13.7 Å². The normalized spacial score (nSPS) is 21.7. The second-order valence-corrected chi connectivity index (χ2v) is 3.90. The van der Waals surface area contributed by atoms with E-state index in [1.807, 2.05) is 0 Å². The van der Waals surface area contributed by atoms with Crippen LogP contribution in [0.15, 0.2) is 0 Å². The van der Waals surface area contributed by atoms with Gasteiger partial charge in [0.15, 0.2) is 0 Å². The van der Waals surface area contributed by atoms with E-state index in [1.54, 1.807) is 7.11 Å². The highest BCUT2D eigenvalue weighted by Gasteiger charge is 2.12. The minimum Gasteiger partial charge on any atom is -0.380 e. The van der Waals surface area contributed by atoms with E-state index in [-0.39, 0.29) is 0 Å². The van der Waals surface area contributed by atoms with Gasteiger partial charge in [-0.3, -0.25) is 0 Å². The predicted octanol–water partition coefficient (Wildman–Crippen LogP) is 0.610. The molecule has 3 heteroatoms. The largest absolute Gasteiger partial charge is 0.380 e. The smallest absolute Gasteiger partial charge is 0.0667 e. The molecule has 0 radical (unpaired) electrons. The van der Waals surface area contributed by atoms with Crippen LogP contribution in [0.4, 0.5) is 0 Å². The second-order valence-electron chi connectivity index (χ2n) is 3.90. The molecular formula is C10H22N2O. The Labute approximate surface area is 81.2 Å². The Balaban J connectivity index is 1.98. The van der Waals surface area contributed by atoms with E-state index in [0.717, 1.165) is 19.0 Å².